The van der Waals surface area contributed by atoms with E-state index in [9.17, 15) is 0 Å². The fourth-order valence-corrected chi connectivity index (χ4v) is 5.00. The van der Waals surface area contributed by atoms with Crippen LogP contribution < -0.4 is 24.8 Å². The van der Waals surface area contributed by atoms with Gasteiger partial charge in [-0.05, 0) is 12.8 Å². The van der Waals surface area contributed by atoms with Crippen LogP contribution in [0.1, 0.15) is 61.8 Å². The zero-order valence-corrected chi connectivity index (χ0v) is 25.3. The Morgan fingerprint density at radius 2 is 1.15 bits per heavy atom. The largest absolute Gasteiger partial charge is 4.00 e. The molecule has 0 bridgehead atoms. The van der Waals surface area contributed by atoms with E-state index in [1.807, 2.05) is 0 Å². The molecule has 2 aromatic carbocycles. The monoisotopic (exact) mass is 582 g/mol. The summed E-state index contributed by atoms with van der Waals surface area (Å²) in [6.45, 7) is 4.36. The number of aryl methyl sites for hydroxylation is 2. The number of hydrogen-bond donors (Lipinski definition) is 0. The van der Waals surface area contributed by atoms with E-state index >= 15 is 0 Å². The standard InChI is InChI=1S/2C13H13.C4H8Si.2ClH.Zr/c2*1-2-11-6-5-9-13(10-11)12-7-3-4-8-12;1-2-4-5-3-1;;;/h2*3,5-7,9-10H,2,4H2,1H3;1-4H2;2*1H;/q2*-1;;;;+4/p-2. The summed E-state index contributed by atoms with van der Waals surface area (Å²) in [7, 11) is 1.31. The maximum atomic E-state index is 3.33. The van der Waals surface area contributed by atoms with E-state index < -0.39 is 0 Å². The molecular formula is C30H34Cl2SiZr. The van der Waals surface area contributed by atoms with E-state index in [0.29, 0.717) is 0 Å². The van der Waals surface area contributed by atoms with Crippen LogP contribution in [-0.2, 0) is 39.0 Å². The first-order valence-corrected chi connectivity index (χ1v) is 13.2. The zero-order valence-electron chi connectivity index (χ0n) is 20.3. The number of allylic oxidation sites excluding steroid dienone is 8. The Bertz CT molecular complexity index is 875. The van der Waals surface area contributed by atoms with Gasteiger partial charge in [0.05, 0.1) is 0 Å². The quantitative estimate of drug-likeness (QED) is 0.382. The van der Waals surface area contributed by atoms with E-state index in [1.165, 1.54) is 67.8 Å². The van der Waals surface area contributed by atoms with Gasteiger partial charge in [-0.2, -0.15) is 35.5 Å². The molecule has 1 saturated heterocycles. The van der Waals surface area contributed by atoms with Gasteiger partial charge in [-0.1, -0.05) is 87.0 Å². The molecule has 176 valence electrons. The smallest absolute Gasteiger partial charge is 1.00 e. The normalized spacial score (nSPS) is 14.8. The summed E-state index contributed by atoms with van der Waals surface area (Å²) >= 11 is 0. The van der Waals surface area contributed by atoms with Crippen molar-refractivity contribution in [3.8, 4) is 0 Å². The summed E-state index contributed by atoms with van der Waals surface area (Å²) in [5.74, 6) is 0. The van der Waals surface area contributed by atoms with E-state index in [1.54, 1.807) is 0 Å². The van der Waals surface area contributed by atoms with Gasteiger partial charge in [-0.3, -0.25) is 0 Å². The van der Waals surface area contributed by atoms with Gasteiger partial charge in [-0.25, -0.2) is 0 Å². The van der Waals surface area contributed by atoms with Crippen LogP contribution in [0.3, 0.4) is 0 Å². The Hall–Kier alpha value is -0.920. The molecule has 34 heavy (non-hydrogen) atoms. The number of benzene rings is 2. The van der Waals surface area contributed by atoms with Gasteiger partial charge in [0.15, 0.2) is 0 Å². The van der Waals surface area contributed by atoms with Crippen molar-refractivity contribution in [3.63, 3.8) is 0 Å². The van der Waals surface area contributed by atoms with E-state index in [4.69, 9.17) is 0 Å². The van der Waals surface area contributed by atoms with E-state index in [-0.39, 0.29) is 51.0 Å². The van der Waals surface area contributed by atoms with Crippen molar-refractivity contribution in [1.82, 2.24) is 0 Å². The molecule has 1 heterocycles. The minimum Gasteiger partial charge on any atom is -1.00 e. The molecule has 0 aromatic heterocycles. The summed E-state index contributed by atoms with van der Waals surface area (Å²) in [4.78, 5) is 0. The Kier molecular flexibility index (Phi) is 18.8. The summed E-state index contributed by atoms with van der Waals surface area (Å²) in [6.07, 6.45) is 22.4. The predicted octanol–water partition coefficient (Wildman–Crippen LogP) is 2.12. The fourth-order valence-electron chi connectivity index (χ4n) is 3.75. The minimum atomic E-state index is 0. The van der Waals surface area contributed by atoms with Crippen LogP contribution >= 0.6 is 0 Å². The fraction of sp³-hybridized carbons (Fsp3) is 0.333. The first kappa shape index (κ1) is 33.1. The van der Waals surface area contributed by atoms with Crippen molar-refractivity contribution in [3.05, 3.63) is 107 Å². The first-order chi connectivity index (χ1) is 15.3. The van der Waals surface area contributed by atoms with E-state index in [2.05, 4.69) is 98.8 Å². The van der Waals surface area contributed by atoms with Crippen LogP contribution in [0.25, 0.3) is 11.1 Å². The van der Waals surface area contributed by atoms with Gasteiger partial charge < -0.3 is 24.8 Å². The van der Waals surface area contributed by atoms with Crippen LogP contribution in [0.4, 0.5) is 0 Å². The third-order valence-corrected chi connectivity index (χ3v) is 7.05. The topological polar surface area (TPSA) is 0 Å². The molecule has 0 nitrogen and oxygen atoms in total. The maximum Gasteiger partial charge on any atom is 4.00 e. The molecule has 0 saturated carbocycles. The molecule has 1 aliphatic heterocycles. The molecule has 4 heteroatoms. The molecule has 2 aromatic rings. The van der Waals surface area contributed by atoms with Crippen LogP contribution in [0.2, 0.25) is 12.1 Å². The Morgan fingerprint density at radius 1 is 0.706 bits per heavy atom. The second-order valence-electron chi connectivity index (χ2n) is 7.96. The van der Waals surface area contributed by atoms with Gasteiger partial charge in [0.25, 0.3) is 0 Å². The van der Waals surface area contributed by atoms with Gasteiger partial charge in [0.2, 0.25) is 0 Å². The molecule has 3 aliphatic rings. The molecule has 1 fully saturated rings. The molecular weight excluding hydrogens is 551 g/mol. The summed E-state index contributed by atoms with van der Waals surface area (Å²) in [6, 6.07) is 20.4. The second kappa shape index (κ2) is 19.3. The van der Waals surface area contributed by atoms with Crippen molar-refractivity contribution < 1.29 is 51.0 Å². The second-order valence-corrected chi connectivity index (χ2v) is 9.46. The first-order valence-electron chi connectivity index (χ1n) is 11.7. The molecule has 5 rings (SSSR count). The number of rotatable bonds is 4. The Balaban J connectivity index is 0.000000497. The van der Waals surface area contributed by atoms with Gasteiger partial charge in [0, 0.05) is 9.52 Å². The average molecular weight is 585 g/mol. The summed E-state index contributed by atoms with van der Waals surface area (Å²) < 4.78 is 0. The molecule has 2 radical (unpaired) electrons. The minimum absolute atomic E-state index is 0. The molecule has 0 N–H and O–H groups in total. The third kappa shape index (κ3) is 11.2. The number of hydrogen-bond acceptors (Lipinski definition) is 0. The SMILES string of the molecule is C1CC[Si]C1.CCc1cccc(C2=[C-]CC=C2)c1.CCc1cccc(C2=[C-]CC=C2)c1.[Cl-].[Cl-].[Zr+4]. The predicted molar refractivity (Wildman–Crippen MR) is 137 cm³/mol. The van der Waals surface area contributed by atoms with Crippen molar-refractivity contribution in [2.45, 2.75) is 64.5 Å². The van der Waals surface area contributed by atoms with Crippen molar-refractivity contribution >= 4 is 20.7 Å². The van der Waals surface area contributed by atoms with Crippen LogP contribution in [0.5, 0.6) is 0 Å². The van der Waals surface area contributed by atoms with Crippen LogP contribution in [0, 0.1) is 12.2 Å². The molecule has 0 unspecified atom stereocenters. The Morgan fingerprint density at radius 3 is 1.44 bits per heavy atom. The summed E-state index contributed by atoms with van der Waals surface area (Å²) in [5.41, 5.74) is 7.88. The number of halogens is 2. The van der Waals surface area contributed by atoms with Crippen molar-refractivity contribution in [2.24, 2.45) is 0 Å². The van der Waals surface area contributed by atoms with Crippen molar-refractivity contribution in [2.75, 3.05) is 0 Å². The maximum absolute atomic E-state index is 3.33. The van der Waals surface area contributed by atoms with Gasteiger partial charge >= 0.3 is 26.2 Å². The summed E-state index contributed by atoms with van der Waals surface area (Å²) in [5, 5.41) is 0. The van der Waals surface area contributed by atoms with Gasteiger partial charge in [-0.15, -0.1) is 47.5 Å². The van der Waals surface area contributed by atoms with E-state index in [0.717, 1.165) is 25.7 Å². The zero-order chi connectivity index (χ0) is 21.7. The van der Waals surface area contributed by atoms with Gasteiger partial charge in [0.1, 0.15) is 0 Å². The molecule has 0 amide bonds. The molecule has 0 atom stereocenters. The molecule has 2 aliphatic carbocycles. The average Bonchev–Trinajstić information content (AvgIpc) is 3.64. The van der Waals surface area contributed by atoms with Crippen molar-refractivity contribution in [1.29, 1.82) is 0 Å². The van der Waals surface area contributed by atoms with Crippen LogP contribution in [0.15, 0.2) is 72.8 Å². The third-order valence-electron chi connectivity index (χ3n) is 5.64. The van der Waals surface area contributed by atoms with Crippen LogP contribution in [-0.4, -0.2) is 9.52 Å². The molecule has 0 spiro atoms. The Labute approximate surface area is 241 Å².